The number of aliphatic hydroxyl groups excluding tert-OH is 2. The first-order valence-electron chi connectivity index (χ1n) is 17.4. The molecule has 0 heterocycles. The summed E-state index contributed by atoms with van der Waals surface area (Å²) in [5.74, 6) is 6.84. The third-order valence-electron chi connectivity index (χ3n) is 8.14. The number of benzene rings is 4. The Kier molecular flexibility index (Phi) is 15.8. The summed E-state index contributed by atoms with van der Waals surface area (Å²) in [4.78, 5) is 23.2. The second-order valence-corrected chi connectivity index (χ2v) is 12.1. The standard InChI is InChI=1S/C44H46O8/c1-4-5-6-7-8-39-29-40(38-19-23-42(24-20-38)50-26-28-52-44(48)33(3)31-46)16-15-37(39)14-11-34-9-12-35(13-10-34)36-17-21-41(22-18-36)49-25-27-51-43(47)32(2)30-45/h9-10,12-13,15-24,29,45-46H,2-8,25-28,30-31H2,1H3. The van der Waals surface area contributed by atoms with E-state index in [-0.39, 0.29) is 37.6 Å². The first-order valence-corrected chi connectivity index (χ1v) is 17.4. The molecule has 2 N–H and O–H groups in total. The number of ether oxygens (including phenoxy) is 4. The molecule has 0 radical (unpaired) electrons. The fourth-order valence-corrected chi connectivity index (χ4v) is 5.14. The van der Waals surface area contributed by atoms with Gasteiger partial charge in [-0.15, -0.1) is 0 Å². The van der Waals surface area contributed by atoms with Gasteiger partial charge >= 0.3 is 11.9 Å². The highest BCUT2D eigenvalue weighted by Crippen LogP contribution is 2.27. The van der Waals surface area contributed by atoms with E-state index in [0.717, 1.165) is 46.2 Å². The lowest BCUT2D eigenvalue weighted by Crippen LogP contribution is -2.14. The Labute approximate surface area is 306 Å². The number of hydrogen-bond acceptors (Lipinski definition) is 8. The molecule has 0 amide bonds. The van der Waals surface area contributed by atoms with Crippen molar-refractivity contribution >= 4 is 11.9 Å². The van der Waals surface area contributed by atoms with E-state index in [1.165, 1.54) is 24.8 Å². The smallest absolute Gasteiger partial charge is 0.335 e. The van der Waals surface area contributed by atoms with Crippen LogP contribution in [0.3, 0.4) is 0 Å². The highest BCUT2D eigenvalue weighted by atomic mass is 16.6. The van der Waals surface area contributed by atoms with Gasteiger partial charge in [0.25, 0.3) is 0 Å². The SMILES string of the molecule is C=C(CO)C(=O)OCCOc1ccc(-c2ccc(C#Cc3ccc(-c4ccc(OCCOC(=O)C(=C)CO)cc4)cc3CCCCCC)cc2)cc1. The van der Waals surface area contributed by atoms with Crippen LogP contribution >= 0.6 is 0 Å². The second kappa shape index (κ2) is 20.9. The van der Waals surface area contributed by atoms with Crippen molar-refractivity contribution in [3.63, 3.8) is 0 Å². The van der Waals surface area contributed by atoms with Gasteiger partial charge in [0.05, 0.1) is 24.4 Å². The van der Waals surface area contributed by atoms with Crippen LogP contribution in [0.15, 0.2) is 115 Å². The van der Waals surface area contributed by atoms with E-state index in [9.17, 15) is 9.59 Å². The first-order chi connectivity index (χ1) is 25.3. The minimum atomic E-state index is -0.634. The minimum Gasteiger partial charge on any atom is -0.490 e. The fourth-order valence-electron chi connectivity index (χ4n) is 5.14. The Balaban J connectivity index is 1.37. The Morgan fingerprint density at radius 2 is 1.08 bits per heavy atom. The Bertz CT molecular complexity index is 1850. The third-order valence-corrected chi connectivity index (χ3v) is 8.14. The van der Waals surface area contributed by atoms with E-state index in [4.69, 9.17) is 29.2 Å². The van der Waals surface area contributed by atoms with Crippen molar-refractivity contribution < 1.29 is 38.7 Å². The van der Waals surface area contributed by atoms with Gasteiger partial charge in [-0.3, -0.25) is 0 Å². The summed E-state index contributed by atoms with van der Waals surface area (Å²) in [7, 11) is 0. The molecule has 0 aliphatic rings. The van der Waals surface area contributed by atoms with Crippen LogP contribution < -0.4 is 9.47 Å². The summed E-state index contributed by atoms with van der Waals surface area (Å²) in [6, 6.07) is 30.1. The third kappa shape index (κ3) is 12.3. The molecule has 4 rings (SSSR count). The normalized spacial score (nSPS) is 10.4. The number of aryl methyl sites for hydroxylation is 1. The molecule has 8 nitrogen and oxygen atoms in total. The van der Waals surface area contributed by atoms with E-state index in [1.54, 1.807) is 0 Å². The average molecular weight is 703 g/mol. The van der Waals surface area contributed by atoms with Crippen molar-refractivity contribution in [2.45, 2.75) is 39.0 Å². The van der Waals surface area contributed by atoms with Crippen LogP contribution in [0.2, 0.25) is 0 Å². The quantitative estimate of drug-likeness (QED) is 0.0448. The molecule has 0 bridgehead atoms. The van der Waals surface area contributed by atoms with Gasteiger partial charge < -0.3 is 29.2 Å². The second-order valence-electron chi connectivity index (χ2n) is 12.1. The monoisotopic (exact) mass is 702 g/mol. The zero-order valence-electron chi connectivity index (χ0n) is 29.7. The molecular formula is C44H46O8. The largest absolute Gasteiger partial charge is 0.490 e. The molecule has 0 saturated heterocycles. The van der Waals surface area contributed by atoms with Crippen molar-refractivity contribution in [2.24, 2.45) is 0 Å². The van der Waals surface area contributed by atoms with Crippen LogP contribution in [-0.4, -0.2) is 61.8 Å². The predicted molar refractivity (Wildman–Crippen MR) is 203 cm³/mol. The van der Waals surface area contributed by atoms with Crippen LogP contribution in [0.1, 0.15) is 49.3 Å². The van der Waals surface area contributed by atoms with Gasteiger partial charge in [-0.05, 0) is 89.2 Å². The molecule has 0 aromatic heterocycles. The van der Waals surface area contributed by atoms with Crippen molar-refractivity contribution in [2.75, 3.05) is 39.6 Å². The molecule has 4 aromatic carbocycles. The van der Waals surface area contributed by atoms with E-state index < -0.39 is 25.2 Å². The zero-order chi connectivity index (χ0) is 37.1. The molecule has 52 heavy (non-hydrogen) atoms. The molecule has 270 valence electrons. The highest BCUT2D eigenvalue weighted by Gasteiger charge is 2.09. The Morgan fingerprint density at radius 1 is 0.596 bits per heavy atom. The summed E-state index contributed by atoms with van der Waals surface area (Å²) in [6.45, 7) is 8.74. The van der Waals surface area contributed by atoms with Crippen molar-refractivity contribution in [3.05, 3.63) is 132 Å². The van der Waals surface area contributed by atoms with Gasteiger partial charge in [0.15, 0.2) is 0 Å². The summed E-state index contributed by atoms with van der Waals surface area (Å²) >= 11 is 0. The van der Waals surface area contributed by atoms with Gasteiger partial charge in [0, 0.05) is 11.1 Å². The maximum Gasteiger partial charge on any atom is 0.335 e. The van der Waals surface area contributed by atoms with Gasteiger partial charge in [0.1, 0.15) is 37.9 Å². The topological polar surface area (TPSA) is 112 Å². The summed E-state index contributed by atoms with van der Waals surface area (Å²) in [6.07, 6.45) is 5.61. The molecule has 0 unspecified atom stereocenters. The number of esters is 2. The van der Waals surface area contributed by atoms with Gasteiger partial charge in [-0.25, -0.2) is 9.59 Å². The van der Waals surface area contributed by atoms with Gasteiger partial charge in [-0.2, -0.15) is 0 Å². The van der Waals surface area contributed by atoms with Crippen molar-refractivity contribution in [3.8, 4) is 45.6 Å². The number of hydrogen-bond donors (Lipinski definition) is 2. The molecule has 0 atom stereocenters. The summed E-state index contributed by atoms with van der Waals surface area (Å²) < 4.78 is 21.4. The van der Waals surface area contributed by atoms with Crippen molar-refractivity contribution in [1.82, 2.24) is 0 Å². The molecule has 0 saturated carbocycles. The van der Waals surface area contributed by atoms with E-state index in [0.29, 0.717) is 11.5 Å². The lowest BCUT2D eigenvalue weighted by Gasteiger charge is -2.11. The lowest BCUT2D eigenvalue weighted by atomic mass is 9.95. The molecule has 0 spiro atoms. The predicted octanol–water partition coefficient (Wildman–Crippen LogP) is 7.48. The van der Waals surface area contributed by atoms with Gasteiger partial charge in [-0.1, -0.05) is 93.6 Å². The molecule has 0 aliphatic carbocycles. The fraction of sp³-hybridized carbons (Fsp3) is 0.273. The average Bonchev–Trinajstić information content (AvgIpc) is 3.19. The maximum atomic E-state index is 11.6. The van der Waals surface area contributed by atoms with E-state index in [1.807, 2.05) is 60.7 Å². The number of rotatable bonds is 19. The maximum absolute atomic E-state index is 11.6. The summed E-state index contributed by atoms with van der Waals surface area (Å²) in [5, 5.41) is 17.9. The molecule has 8 heteroatoms. The van der Waals surface area contributed by atoms with E-state index >= 15 is 0 Å². The Hall–Kier alpha value is -5.62. The summed E-state index contributed by atoms with van der Waals surface area (Å²) in [5.41, 5.74) is 7.44. The number of aliphatic hydroxyl groups is 2. The first kappa shape index (κ1) is 39.2. The molecule has 0 aliphatic heterocycles. The van der Waals surface area contributed by atoms with Gasteiger partial charge in [0.2, 0.25) is 0 Å². The van der Waals surface area contributed by atoms with Crippen LogP contribution in [-0.2, 0) is 25.5 Å². The minimum absolute atomic E-state index is 0.00885. The number of unbranched alkanes of at least 4 members (excludes halogenated alkanes) is 3. The van der Waals surface area contributed by atoms with Crippen LogP contribution in [0.25, 0.3) is 22.3 Å². The zero-order valence-corrected chi connectivity index (χ0v) is 29.7. The number of carbonyl (C=O) groups is 2. The molecule has 0 fully saturated rings. The lowest BCUT2D eigenvalue weighted by molar-refractivity contribution is -0.141. The van der Waals surface area contributed by atoms with Crippen LogP contribution in [0, 0.1) is 11.8 Å². The van der Waals surface area contributed by atoms with Crippen molar-refractivity contribution in [1.29, 1.82) is 0 Å². The Morgan fingerprint density at radius 3 is 1.58 bits per heavy atom. The van der Waals surface area contributed by atoms with Crippen LogP contribution in [0.4, 0.5) is 0 Å². The highest BCUT2D eigenvalue weighted by molar-refractivity contribution is 5.88. The number of carbonyl (C=O) groups excluding carboxylic acids is 2. The van der Waals surface area contributed by atoms with E-state index in [2.05, 4.69) is 62.3 Å². The molecular weight excluding hydrogens is 656 g/mol. The molecule has 4 aromatic rings. The van der Waals surface area contributed by atoms with Crippen LogP contribution in [0.5, 0.6) is 11.5 Å².